The van der Waals surface area contributed by atoms with Gasteiger partial charge >= 0.3 is 0 Å². The molecule has 0 saturated heterocycles. The van der Waals surface area contributed by atoms with Crippen LogP contribution >= 0.6 is 0 Å². The van der Waals surface area contributed by atoms with Gasteiger partial charge in [0.25, 0.3) is 5.69 Å². The molecule has 0 radical (unpaired) electrons. The Morgan fingerprint density at radius 1 is 1.15 bits per heavy atom. The second-order valence-electron chi connectivity index (χ2n) is 4.13. The number of nitro benzene ring substituents is 1. The molecule has 7 heteroatoms. The summed E-state index contributed by atoms with van der Waals surface area (Å²) in [5.74, 6) is 0. The summed E-state index contributed by atoms with van der Waals surface area (Å²) in [5.41, 5.74) is 10.2. The zero-order valence-electron chi connectivity index (χ0n) is 10.1. The molecule has 2 aromatic carbocycles. The number of rotatable bonds is 2. The predicted octanol–water partition coefficient (Wildman–Crippen LogP) is 4.24. The fourth-order valence-corrected chi connectivity index (χ4v) is 2.12. The lowest BCUT2D eigenvalue weighted by atomic mass is 10.1. The molecule has 0 aliphatic carbocycles. The third kappa shape index (κ3) is 1.79. The average molecular weight is 265 g/mol. The van der Waals surface area contributed by atoms with E-state index >= 15 is 0 Å². The molecular formula is C13H7N5O2. The first-order valence-corrected chi connectivity index (χ1v) is 5.72. The van der Waals surface area contributed by atoms with Crippen LogP contribution in [-0.2, 0) is 0 Å². The van der Waals surface area contributed by atoms with Gasteiger partial charge in [0.05, 0.1) is 21.6 Å². The highest BCUT2D eigenvalue weighted by atomic mass is 16.6. The molecule has 20 heavy (non-hydrogen) atoms. The molecule has 3 aromatic rings. The highest BCUT2D eigenvalue weighted by Crippen LogP contribution is 2.34. The smallest absolute Gasteiger partial charge is 0.258 e. The summed E-state index contributed by atoms with van der Waals surface area (Å²) in [7, 11) is 0. The number of fused-ring (bicyclic) bond motifs is 2. The van der Waals surface area contributed by atoms with E-state index in [0.717, 1.165) is 0 Å². The molecule has 0 spiro atoms. The summed E-state index contributed by atoms with van der Waals surface area (Å²) in [4.78, 5) is 17.6. The topological polar surface area (TPSA) is 105 Å². The minimum Gasteiger partial charge on any atom is -0.258 e. The Balaban J connectivity index is 2.51. The van der Waals surface area contributed by atoms with Crippen LogP contribution in [0.1, 0.15) is 0 Å². The normalized spacial score (nSPS) is 10.4. The Morgan fingerprint density at radius 3 is 2.65 bits per heavy atom. The van der Waals surface area contributed by atoms with Crippen molar-refractivity contribution < 1.29 is 4.92 Å². The Hall–Kier alpha value is -3.18. The minimum atomic E-state index is -0.492. The first kappa shape index (κ1) is 11.9. The standard InChI is InChI=1S/C13H7N5O2/c14-17-16-13-9-3-1-2-4-11(9)15-12-6-5-8(18(19)20)7-10(12)13/h1-7H. The van der Waals surface area contributed by atoms with Crippen LogP contribution in [0.2, 0.25) is 0 Å². The van der Waals surface area contributed by atoms with Crippen LogP contribution in [-0.4, -0.2) is 9.91 Å². The fourth-order valence-electron chi connectivity index (χ4n) is 2.12. The molecule has 0 aliphatic heterocycles. The Morgan fingerprint density at radius 2 is 1.90 bits per heavy atom. The van der Waals surface area contributed by atoms with E-state index < -0.39 is 4.92 Å². The van der Waals surface area contributed by atoms with Gasteiger partial charge in [-0.1, -0.05) is 23.3 Å². The van der Waals surface area contributed by atoms with E-state index in [-0.39, 0.29) is 5.69 Å². The van der Waals surface area contributed by atoms with Gasteiger partial charge in [-0.3, -0.25) is 10.1 Å². The Kier molecular flexibility index (Phi) is 2.67. The number of non-ortho nitro benzene ring substituents is 1. The number of nitro groups is 1. The van der Waals surface area contributed by atoms with E-state index in [4.69, 9.17) is 5.53 Å². The third-order valence-corrected chi connectivity index (χ3v) is 2.99. The first-order valence-electron chi connectivity index (χ1n) is 5.72. The van der Waals surface area contributed by atoms with Crippen LogP contribution < -0.4 is 0 Å². The Labute approximate surface area is 112 Å². The summed E-state index contributed by atoms with van der Waals surface area (Å²) in [5, 5.41) is 15.7. The van der Waals surface area contributed by atoms with Gasteiger partial charge in [-0.25, -0.2) is 4.98 Å². The monoisotopic (exact) mass is 265 g/mol. The average Bonchev–Trinajstić information content (AvgIpc) is 2.46. The van der Waals surface area contributed by atoms with Crippen molar-refractivity contribution in [1.29, 1.82) is 0 Å². The van der Waals surface area contributed by atoms with Gasteiger partial charge in [-0.05, 0) is 17.7 Å². The zero-order chi connectivity index (χ0) is 14.1. The van der Waals surface area contributed by atoms with Gasteiger partial charge in [-0.15, -0.1) is 0 Å². The summed E-state index contributed by atoms with van der Waals surface area (Å²) in [6.45, 7) is 0. The van der Waals surface area contributed by atoms with E-state index in [1.807, 2.05) is 6.07 Å². The van der Waals surface area contributed by atoms with Crippen molar-refractivity contribution in [3.8, 4) is 0 Å². The van der Waals surface area contributed by atoms with E-state index in [9.17, 15) is 10.1 Å². The molecule has 1 aromatic heterocycles. The maximum absolute atomic E-state index is 10.9. The molecule has 0 fully saturated rings. The number of aromatic nitrogens is 1. The molecule has 96 valence electrons. The van der Waals surface area contributed by atoms with Crippen molar-refractivity contribution in [2.75, 3.05) is 0 Å². The predicted molar refractivity (Wildman–Crippen MR) is 74.7 cm³/mol. The first-order chi connectivity index (χ1) is 9.70. The molecule has 7 nitrogen and oxygen atoms in total. The van der Waals surface area contributed by atoms with Crippen molar-refractivity contribution in [1.82, 2.24) is 4.98 Å². The number of hydrogen-bond donors (Lipinski definition) is 0. The lowest BCUT2D eigenvalue weighted by molar-refractivity contribution is -0.384. The second-order valence-corrected chi connectivity index (χ2v) is 4.13. The van der Waals surface area contributed by atoms with Gasteiger partial charge in [0.2, 0.25) is 0 Å². The van der Waals surface area contributed by atoms with Crippen LogP contribution in [0.25, 0.3) is 32.2 Å². The highest BCUT2D eigenvalue weighted by Gasteiger charge is 2.12. The number of pyridine rings is 1. The summed E-state index contributed by atoms with van der Waals surface area (Å²) < 4.78 is 0. The molecule has 0 aliphatic rings. The molecule has 0 atom stereocenters. The largest absolute Gasteiger partial charge is 0.270 e. The summed E-state index contributed by atoms with van der Waals surface area (Å²) in [6.07, 6.45) is 0. The number of para-hydroxylation sites is 1. The quantitative estimate of drug-likeness (QED) is 0.173. The van der Waals surface area contributed by atoms with Crippen LogP contribution in [0.4, 0.5) is 11.4 Å². The number of hydrogen-bond acceptors (Lipinski definition) is 4. The van der Waals surface area contributed by atoms with Crippen molar-refractivity contribution in [2.45, 2.75) is 0 Å². The van der Waals surface area contributed by atoms with Gasteiger partial charge < -0.3 is 0 Å². The zero-order valence-corrected chi connectivity index (χ0v) is 10.1. The van der Waals surface area contributed by atoms with Crippen LogP contribution in [0.3, 0.4) is 0 Å². The second kappa shape index (κ2) is 4.49. The summed E-state index contributed by atoms with van der Waals surface area (Å²) >= 11 is 0. The molecule has 1 heterocycles. The SMILES string of the molecule is [N-]=[N+]=Nc1c2ccccc2nc2ccc([N+](=O)[O-])cc12. The molecule has 3 rings (SSSR count). The Bertz CT molecular complexity index is 900. The molecule has 0 N–H and O–H groups in total. The molecule has 0 saturated carbocycles. The maximum atomic E-state index is 10.9. The van der Waals surface area contributed by atoms with E-state index in [1.165, 1.54) is 12.1 Å². The van der Waals surface area contributed by atoms with Crippen LogP contribution in [0.5, 0.6) is 0 Å². The van der Waals surface area contributed by atoms with Crippen molar-refractivity contribution in [3.63, 3.8) is 0 Å². The highest BCUT2D eigenvalue weighted by molar-refractivity contribution is 6.06. The third-order valence-electron chi connectivity index (χ3n) is 2.99. The van der Waals surface area contributed by atoms with Crippen molar-refractivity contribution in [2.24, 2.45) is 5.11 Å². The van der Waals surface area contributed by atoms with Gasteiger partial charge in [0.15, 0.2) is 0 Å². The van der Waals surface area contributed by atoms with Crippen LogP contribution in [0, 0.1) is 10.1 Å². The van der Waals surface area contributed by atoms with Gasteiger partial charge in [0, 0.05) is 27.8 Å². The molecule has 0 amide bonds. The molecular weight excluding hydrogens is 258 g/mol. The maximum Gasteiger partial charge on any atom is 0.270 e. The lowest BCUT2D eigenvalue weighted by Crippen LogP contribution is -1.89. The van der Waals surface area contributed by atoms with E-state index in [0.29, 0.717) is 27.5 Å². The van der Waals surface area contributed by atoms with Gasteiger partial charge in [-0.2, -0.15) is 0 Å². The number of benzene rings is 2. The van der Waals surface area contributed by atoms with Crippen molar-refractivity contribution in [3.05, 3.63) is 63.0 Å². The van der Waals surface area contributed by atoms with E-state index in [2.05, 4.69) is 15.0 Å². The molecule has 0 unspecified atom stereocenters. The number of azide groups is 1. The number of nitrogens with zero attached hydrogens (tertiary/aromatic N) is 5. The van der Waals surface area contributed by atoms with Gasteiger partial charge in [0.1, 0.15) is 0 Å². The van der Waals surface area contributed by atoms with Crippen LogP contribution in [0.15, 0.2) is 47.6 Å². The fraction of sp³-hybridized carbons (Fsp3) is 0. The summed E-state index contributed by atoms with van der Waals surface area (Å²) in [6, 6.07) is 11.5. The lowest BCUT2D eigenvalue weighted by Gasteiger charge is -2.06. The minimum absolute atomic E-state index is 0.0658. The van der Waals surface area contributed by atoms with E-state index in [1.54, 1.807) is 24.3 Å². The van der Waals surface area contributed by atoms with Crippen molar-refractivity contribution >= 4 is 33.2 Å². The molecule has 0 bridgehead atoms.